The van der Waals surface area contributed by atoms with E-state index in [9.17, 15) is 14.0 Å². The monoisotopic (exact) mass is 409 g/mol. The standard InChI is InChI=1S/C23H24FN3O3/c1-16(17-9-11-18(24)12-10-17)27(2)15-22(28)26-21-8-4-3-7-20(21)23(29)25-14-19-6-5-13-30-19/h3-13,16H,14-15H2,1-2H3,(H,25,29)(H,26,28). The van der Waals surface area contributed by atoms with Crippen LogP contribution in [0.3, 0.4) is 0 Å². The van der Waals surface area contributed by atoms with Crippen molar-refractivity contribution in [3.05, 3.63) is 89.6 Å². The van der Waals surface area contributed by atoms with Crippen LogP contribution >= 0.6 is 0 Å². The SMILES string of the molecule is CC(c1ccc(F)cc1)N(C)CC(=O)Nc1ccccc1C(=O)NCc1ccco1. The number of amides is 2. The number of rotatable bonds is 8. The molecule has 6 nitrogen and oxygen atoms in total. The Morgan fingerprint density at radius 3 is 2.50 bits per heavy atom. The molecule has 0 spiro atoms. The van der Waals surface area contributed by atoms with Gasteiger partial charge < -0.3 is 15.1 Å². The molecule has 0 aliphatic rings. The smallest absolute Gasteiger partial charge is 0.253 e. The highest BCUT2D eigenvalue weighted by Gasteiger charge is 2.17. The molecule has 156 valence electrons. The average molecular weight is 409 g/mol. The predicted molar refractivity (Wildman–Crippen MR) is 112 cm³/mol. The fourth-order valence-electron chi connectivity index (χ4n) is 3.01. The molecule has 1 unspecified atom stereocenters. The van der Waals surface area contributed by atoms with Crippen LogP contribution in [-0.4, -0.2) is 30.3 Å². The van der Waals surface area contributed by atoms with Crippen molar-refractivity contribution in [1.82, 2.24) is 10.2 Å². The summed E-state index contributed by atoms with van der Waals surface area (Å²) in [5.41, 5.74) is 1.71. The Kier molecular flexibility index (Phi) is 6.98. The Labute approximate surface area is 174 Å². The lowest BCUT2D eigenvalue weighted by molar-refractivity contribution is -0.117. The fourth-order valence-corrected chi connectivity index (χ4v) is 3.01. The Bertz CT molecular complexity index is 987. The number of para-hydroxylation sites is 1. The Balaban J connectivity index is 1.60. The number of nitrogens with one attached hydrogen (secondary N) is 2. The first-order chi connectivity index (χ1) is 14.4. The van der Waals surface area contributed by atoms with Gasteiger partial charge in [0.25, 0.3) is 5.91 Å². The quantitative estimate of drug-likeness (QED) is 0.590. The van der Waals surface area contributed by atoms with E-state index in [4.69, 9.17) is 4.42 Å². The molecule has 0 bridgehead atoms. The van der Waals surface area contributed by atoms with Crippen LogP contribution in [0.25, 0.3) is 0 Å². The van der Waals surface area contributed by atoms with Crippen LogP contribution in [0.1, 0.15) is 34.6 Å². The van der Waals surface area contributed by atoms with E-state index in [1.165, 1.54) is 12.1 Å². The van der Waals surface area contributed by atoms with Crippen molar-refractivity contribution in [3.63, 3.8) is 0 Å². The van der Waals surface area contributed by atoms with E-state index in [0.29, 0.717) is 17.0 Å². The molecule has 7 heteroatoms. The van der Waals surface area contributed by atoms with E-state index < -0.39 is 0 Å². The average Bonchev–Trinajstić information content (AvgIpc) is 3.26. The van der Waals surface area contributed by atoms with Crippen LogP contribution in [0.5, 0.6) is 0 Å². The molecule has 2 aromatic carbocycles. The maximum atomic E-state index is 13.1. The number of furan rings is 1. The van der Waals surface area contributed by atoms with Crippen LogP contribution in [0.2, 0.25) is 0 Å². The molecular formula is C23H24FN3O3. The summed E-state index contributed by atoms with van der Waals surface area (Å²) in [6, 6.07) is 16.5. The largest absolute Gasteiger partial charge is 0.467 e. The maximum absolute atomic E-state index is 13.1. The second-order valence-electron chi connectivity index (χ2n) is 7.00. The van der Waals surface area contributed by atoms with E-state index in [1.54, 1.807) is 54.8 Å². The number of hydrogen-bond acceptors (Lipinski definition) is 4. The molecule has 2 amide bonds. The first-order valence-corrected chi connectivity index (χ1v) is 9.59. The van der Waals surface area contributed by atoms with Crippen molar-refractivity contribution in [1.29, 1.82) is 0 Å². The molecule has 3 rings (SSSR count). The molecule has 1 heterocycles. The minimum absolute atomic E-state index is 0.0804. The van der Waals surface area contributed by atoms with Gasteiger partial charge in [0.1, 0.15) is 11.6 Å². The number of carbonyl (C=O) groups excluding carboxylic acids is 2. The molecule has 0 fully saturated rings. The Morgan fingerprint density at radius 2 is 1.80 bits per heavy atom. The zero-order valence-electron chi connectivity index (χ0n) is 16.9. The third-order valence-electron chi connectivity index (χ3n) is 4.86. The highest BCUT2D eigenvalue weighted by molar-refractivity contribution is 6.04. The molecule has 3 aromatic rings. The molecule has 2 N–H and O–H groups in total. The normalized spacial score (nSPS) is 11.9. The third-order valence-corrected chi connectivity index (χ3v) is 4.86. The summed E-state index contributed by atoms with van der Waals surface area (Å²) in [6.45, 7) is 2.31. The first kappa shape index (κ1) is 21.3. The number of anilines is 1. The highest BCUT2D eigenvalue weighted by Crippen LogP contribution is 2.20. The number of halogens is 1. The van der Waals surface area contributed by atoms with Crippen molar-refractivity contribution in [2.24, 2.45) is 0 Å². The van der Waals surface area contributed by atoms with Crippen LogP contribution in [0.15, 0.2) is 71.3 Å². The molecule has 30 heavy (non-hydrogen) atoms. The second kappa shape index (κ2) is 9.84. The molecule has 1 atom stereocenters. The zero-order valence-corrected chi connectivity index (χ0v) is 16.9. The molecule has 0 aliphatic carbocycles. The summed E-state index contributed by atoms with van der Waals surface area (Å²) in [6.07, 6.45) is 1.54. The number of benzene rings is 2. The summed E-state index contributed by atoms with van der Waals surface area (Å²) < 4.78 is 18.3. The highest BCUT2D eigenvalue weighted by atomic mass is 19.1. The van der Waals surface area contributed by atoms with Gasteiger partial charge >= 0.3 is 0 Å². The summed E-state index contributed by atoms with van der Waals surface area (Å²) in [7, 11) is 1.82. The summed E-state index contributed by atoms with van der Waals surface area (Å²) >= 11 is 0. The van der Waals surface area contributed by atoms with Crippen molar-refractivity contribution in [3.8, 4) is 0 Å². The Hall–Kier alpha value is -3.45. The second-order valence-corrected chi connectivity index (χ2v) is 7.00. The van der Waals surface area contributed by atoms with Crippen molar-refractivity contribution < 1.29 is 18.4 Å². The number of nitrogens with zero attached hydrogens (tertiary/aromatic N) is 1. The topological polar surface area (TPSA) is 74.6 Å². The van der Waals surface area contributed by atoms with Crippen LogP contribution in [-0.2, 0) is 11.3 Å². The number of likely N-dealkylation sites (N-methyl/N-ethyl adjacent to an activating group) is 1. The van der Waals surface area contributed by atoms with Gasteiger partial charge in [-0.05, 0) is 55.9 Å². The van der Waals surface area contributed by atoms with E-state index in [1.807, 2.05) is 18.9 Å². The molecule has 1 aromatic heterocycles. The van der Waals surface area contributed by atoms with Gasteiger partial charge in [-0.3, -0.25) is 14.5 Å². The van der Waals surface area contributed by atoms with Crippen LogP contribution in [0, 0.1) is 5.82 Å². The fraction of sp³-hybridized carbons (Fsp3) is 0.217. The summed E-state index contributed by atoms with van der Waals surface area (Å²) in [5, 5.41) is 5.58. The van der Waals surface area contributed by atoms with Crippen molar-refractivity contribution in [2.75, 3.05) is 18.9 Å². The van der Waals surface area contributed by atoms with Gasteiger partial charge in [0.15, 0.2) is 0 Å². The zero-order chi connectivity index (χ0) is 21.5. The van der Waals surface area contributed by atoms with Gasteiger partial charge in [0.05, 0.1) is 30.6 Å². The third kappa shape index (κ3) is 5.55. The van der Waals surface area contributed by atoms with Gasteiger partial charge in [-0.15, -0.1) is 0 Å². The lowest BCUT2D eigenvalue weighted by Gasteiger charge is -2.24. The lowest BCUT2D eigenvalue weighted by atomic mass is 10.1. The summed E-state index contributed by atoms with van der Waals surface area (Å²) in [5.74, 6) is -0.220. The van der Waals surface area contributed by atoms with Gasteiger partial charge in [0.2, 0.25) is 5.91 Å². The van der Waals surface area contributed by atoms with Crippen LogP contribution < -0.4 is 10.6 Å². The van der Waals surface area contributed by atoms with E-state index in [2.05, 4.69) is 10.6 Å². The molecule has 0 saturated carbocycles. The van der Waals surface area contributed by atoms with Crippen molar-refractivity contribution >= 4 is 17.5 Å². The van der Waals surface area contributed by atoms with Gasteiger partial charge in [-0.1, -0.05) is 24.3 Å². The minimum atomic E-state index is -0.310. The first-order valence-electron chi connectivity index (χ1n) is 9.59. The number of hydrogen-bond donors (Lipinski definition) is 2. The van der Waals surface area contributed by atoms with E-state index in [-0.39, 0.29) is 36.8 Å². The molecule has 0 aliphatic heterocycles. The molecule has 0 saturated heterocycles. The van der Waals surface area contributed by atoms with Gasteiger partial charge in [-0.25, -0.2) is 4.39 Å². The number of carbonyl (C=O) groups is 2. The summed E-state index contributed by atoms with van der Waals surface area (Å²) in [4.78, 5) is 27.0. The van der Waals surface area contributed by atoms with Crippen LogP contribution in [0.4, 0.5) is 10.1 Å². The molecule has 0 radical (unpaired) electrons. The van der Waals surface area contributed by atoms with E-state index in [0.717, 1.165) is 5.56 Å². The van der Waals surface area contributed by atoms with Gasteiger partial charge in [-0.2, -0.15) is 0 Å². The van der Waals surface area contributed by atoms with Crippen molar-refractivity contribution in [2.45, 2.75) is 19.5 Å². The molecular weight excluding hydrogens is 385 g/mol. The Morgan fingerprint density at radius 1 is 1.07 bits per heavy atom. The lowest BCUT2D eigenvalue weighted by Crippen LogP contribution is -2.33. The minimum Gasteiger partial charge on any atom is -0.467 e. The predicted octanol–water partition coefficient (Wildman–Crippen LogP) is 3.98. The van der Waals surface area contributed by atoms with Gasteiger partial charge in [0, 0.05) is 6.04 Å². The maximum Gasteiger partial charge on any atom is 0.253 e. The van der Waals surface area contributed by atoms with E-state index >= 15 is 0 Å².